The summed E-state index contributed by atoms with van der Waals surface area (Å²) in [5.41, 5.74) is 4.29. The molecule has 2 amide bonds. The number of aryl methyl sites for hydroxylation is 2. The number of nitrogens with zero attached hydrogens (tertiary/aromatic N) is 3. The standard InChI is InChI=1S/C27H24FN5O4/c1-15-3-4-17(7-16(15)2)11-30-27(36)23-10-22(32-25-21(28)13-31-33(23)25)26(35)29-12-18-5-6-24-19(8-18)9-20(34)14-37-24/h3-8,10,13H,9,11-12,14H2,1-2H3,(H,29,35)(H,30,36). The summed E-state index contributed by atoms with van der Waals surface area (Å²) in [6.07, 6.45) is 1.22. The highest BCUT2D eigenvalue weighted by Gasteiger charge is 2.21. The molecule has 10 heteroatoms. The number of ketones is 1. The number of hydrogen-bond donors (Lipinski definition) is 2. The van der Waals surface area contributed by atoms with Crippen LogP contribution in [0.15, 0.2) is 48.7 Å². The van der Waals surface area contributed by atoms with Gasteiger partial charge >= 0.3 is 0 Å². The molecule has 188 valence electrons. The molecule has 0 radical (unpaired) electrons. The Hall–Kier alpha value is -4.60. The number of carbonyl (C=O) groups excluding carboxylic acids is 3. The van der Waals surface area contributed by atoms with E-state index in [9.17, 15) is 18.8 Å². The van der Waals surface area contributed by atoms with E-state index < -0.39 is 17.6 Å². The zero-order chi connectivity index (χ0) is 26.1. The summed E-state index contributed by atoms with van der Waals surface area (Å²) in [6, 6.07) is 12.5. The maximum atomic E-state index is 14.4. The maximum absolute atomic E-state index is 14.4. The van der Waals surface area contributed by atoms with Gasteiger partial charge in [-0.2, -0.15) is 5.10 Å². The number of ether oxygens (including phenoxy) is 1. The fourth-order valence-electron chi connectivity index (χ4n) is 4.12. The Labute approximate surface area is 211 Å². The van der Waals surface area contributed by atoms with Crippen molar-refractivity contribution in [1.29, 1.82) is 0 Å². The Morgan fingerprint density at radius 3 is 2.51 bits per heavy atom. The summed E-state index contributed by atoms with van der Waals surface area (Å²) < 4.78 is 20.8. The number of halogens is 1. The van der Waals surface area contributed by atoms with Gasteiger partial charge in [0.15, 0.2) is 17.2 Å². The molecule has 0 unspecified atom stereocenters. The Kier molecular flexibility index (Phi) is 6.39. The van der Waals surface area contributed by atoms with Gasteiger partial charge < -0.3 is 15.4 Å². The largest absolute Gasteiger partial charge is 0.486 e. The van der Waals surface area contributed by atoms with Gasteiger partial charge in [0.2, 0.25) is 0 Å². The minimum absolute atomic E-state index is 0.0164. The fourth-order valence-corrected chi connectivity index (χ4v) is 4.12. The van der Waals surface area contributed by atoms with Crippen molar-refractivity contribution in [2.75, 3.05) is 6.61 Å². The van der Waals surface area contributed by atoms with Crippen molar-refractivity contribution in [1.82, 2.24) is 25.2 Å². The first kappa shape index (κ1) is 24.1. The summed E-state index contributed by atoms with van der Waals surface area (Å²) in [7, 11) is 0. The second-order valence-corrected chi connectivity index (χ2v) is 8.98. The zero-order valence-electron chi connectivity index (χ0n) is 20.3. The van der Waals surface area contributed by atoms with Gasteiger partial charge in [0.05, 0.1) is 6.20 Å². The van der Waals surface area contributed by atoms with Crippen LogP contribution in [0.5, 0.6) is 5.75 Å². The lowest BCUT2D eigenvalue weighted by Gasteiger charge is -2.17. The number of nitrogens with one attached hydrogen (secondary N) is 2. The van der Waals surface area contributed by atoms with Gasteiger partial charge in [0.25, 0.3) is 11.8 Å². The fraction of sp³-hybridized carbons (Fsp3) is 0.222. The first-order valence-electron chi connectivity index (χ1n) is 11.7. The summed E-state index contributed by atoms with van der Waals surface area (Å²) in [6.45, 7) is 4.44. The van der Waals surface area contributed by atoms with Crippen LogP contribution in [-0.2, 0) is 24.3 Å². The smallest absolute Gasteiger partial charge is 0.270 e. The molecule has 0 saturated heterocycles. The van der Waals surface area contributed by atoms with Gasteiger partial charge in [-0.25, -0.2) is 13.9 Å². The third kappa shape index (κ3) is 5.04. The molecule has 4 aromatic rings. The molecule has 1 aliphatic heterocycles. The van der Waals surface area contributed by atoms with Crippen molar-refractivity contribution in [2.45, 2.75) is 33.4 Å². The quantitative estimate of drug-likeness (QED) is 0.420. The number of benzene rings is 2. The lowest BCUT2D eigenvalue weighted by molar-refractivity contribution is -0.121. The summed E-state index contributed by atoms with van der Waals surface area (Å²) in [4.78, 5) is 41.7. The van der Waals surface area contributed by atoms with Gasteiger partial charge in [-0.15, -0.1) is 0 Å². The number of amides is 2. The lowest BCUT2D eigenvalue weighted by Crippen LogP contribution is -2.28. The molecule has 0 fully saturated rings. The van der Waals surface area contributed by atoms with Gasteiger partial charge in [-0.05, 0) is 48.2 Å². The predicted octanol–water partition coefficient (Wildman–Crippen LogP) is 2.85. The molecular weight excluding hydrogens is 477 g/mol. The van der Waals surface area contributed by atoms with Gasteiger partial charge in [0, 0.05) is 31.1 Å². The van der Waals surface area contributed by atoms with E-state index in [2.05, 4.69) is 20.7 Å². The average molecular weight is 502 g/mol. The lowest BCUT2D eigenvalue weighted by atomic mass is 10.0. The van der Waals surface area contributed by atoms with Crippen LogP contribution < -0.4 is 15.4 Å². The van der Waals surface area contributed by atoms with E-state index in [4.69, 9.17) is 4.74 Å². The van der Waals surface area contributed by atoms with Crippen LogP contribution >= 0.6 is 0 Å². The Morgan fingerprint density at radius 2 is 1.73 bits per heavy atom. The van der Waals surface area contributed by atoms with Crippen molar-refractivity contribution >= 4 is 23.2 Å². The van der Waals surface area contributed by atoms with Crippen LogP contribution in [0.4, 0.5) is 4.39 Å². The van der Waals surface area contributed by atoms with Crippen molar-refractivity contribution in [3.8, 4) is 5.75 Å². The van der Waals surface area contributed by atoms with E-state index in [-0.39, 0.29) is 48.9 Å². The minimum atomic E-state index is -0.753. The number of rotatable bonds is 6. The molecule has 0 aliphatic carbocycles. The molecular formula is C27H24FN5O4. The molecule has 0 bridgehead atoms. The van der Waals surface area contributed by atoms with E-state index in [1.807, 2.05) is 32.0 Å². The minimum Gasteiger partial charge on any atom is -0.486 e. The topological polar surface area (TPSA) is 115 Å². The third-order valence-corrected chi connectivity index (χ3v) is 6.27. The van der Waals surface area contributed by atoms with Crippen LogP contribution in [-0.4, -0.2) is 38.8 Å². The molecule has 1 aliphatic rings. The number of aromatic nitrogens is 3. The van der Waals surface area contributed by atoms with Gasteiger partial charge in [-0.1, -0.05) is 24.3 Å². The normalized spacial score (nSPS) is 12.7. The molecule has 3 heterocycles. The molecule has 2 aromatic carbocycles. The van der Waals surface area contributed by atoms with E-state index in [0.717, 1.165) is 38.5 Å². The van der Waals surface area contributed by atoms with Gasteiger partial charge in [0.1, 0.15) is 23.7 Å². The first-order valence-corrected chi connectivity index (χ1v) is 11.7. The molecule has 0 spiro atoms. The van der Waals surface area contributed by atoms with Crippen molar-refractivity contribution in [3.63, 3.8) is 0 Å². The van der Waals surface area contributed by atoms with E-state index >= 15 is 0 Å². The van der Waals surface area contributed by atoms with Crippen molar-refractivity contribution in [3.05, 3.63) is 93.7 Å². The number of Topliss-reactive ketones (excluding diaryl/α,β-unsaturated/α-hetero) is 1. The highest BCUT2D eigenvalue weighted by atomic mass is 19.1. The number of hydrogen-bond acceptors (Lipinski definition) is 6. The molecule has 5 rings (SSSR count). The molecule has 0 saturated carbocycles. The SMILES string of the molecule is Cc1ccc(CNC(=O)c2cc(C(=O)NCc3ccc4c(c3)CC(=O)CO4)nc3c(F)cnn23)cc1C. The Bertz CT molecular complexity index is 1560. The average Bonchev–Trinajstić information content (AvgIpc) is 3.27. The molecule has 37 heavy (non-hydrogen) atoms. The van der Waals surface area contributed by atoms with Crippen molar-refractivity contribution < 1.29 is 23.5 Å². The molecule has 2 N–H and O–H groups in total. The molecule has 0 atom stereocenters. The maximum Gasteiger partial charge on any atom is 0.270 e. The van der Waals surface area contributed by atoms with Crippen LogP contribution in [0.25, 0.3) is 5.65 Å². The molecule has 2 aromatic heterocycles. The molecule has 9 nitrogen and oxygen atoms in total. The Morgan fingerprint density at radius 1 is 1.00 bits per heavy atom. The second kappa shape index (κ2) is 9.81. The van der Waals surface area contributed by atoms with Crippen LogP contribution in [0.1, 0.15) is 48.8 Å². The third-order valence-electron chi connectivity index (χ3n) is 6.27. The second-order valence-electron chi connectivity index (χ2n) is 8.98. The number of carbonyl (C=O) groups is 3. The predicted molar refractivity (Wildman–Crippen MR) is 132 cm³/mol. The van der Waals surface area contributed by atoms with Gasteiger partial charge in [-0.3, -0.25) is 14.4 Å². The van der Waals surface area contributed by atoms with Crippen LogP contribution in [0, 0.1) is 19.7 Å². The highest BCUT2D eigenvalue weighted by molar-refractivity contribution is 5.98. The summed E-state index contributed by atoms with van der Waals surface area (Å²) in [5, 5.41) is 9.44. The van der Waals surface area contributed by atoms with E-state index in [0.29, 0.717) is 5.75 Å². The number of fused-ring (bicyclic) bond motifs is 2. The highest BCUT2D eigenvalue weighted by Crippen LogP contribution is 2.24. The van der Waals surface area contributed by atoms with E-state index in [1.165, 1.54) is 6.07 Å². The monoisotopic (exact) mass is 501 g/mol. The summed E-state index contributed by atoms with van der Waals surface area (Å²) >= 11 is 0. The van der Waals surface area contributed by atoms with Crippen molar-refractivity contribution in [2.24, 2.45) is 0 Å². The first-order chi connectivity index (χ1) is 17.8. The zero-order valence-corrected chi connectivity index (χ0v) is 20.3. The van der Waals surface area contributed by atoms with E-state index in [1.54, 1.807) is 18.2 Å². The summed E-state index contributed by atoms with van der Waals surface area (Å²) in [5.74, 6) is -1.23. The van der Waals surface area contributed by atoms with Crippen LogP contribution in [0.3, 0.4) is 0 Å². The Balaban J connectivity index is 1.34. The van der Waals surface area contributed by atoms with Crippen LogP contribution in [0.2, 0.25) is 0 Å².